The predicted octanol–water partition coefficient (Wildman–Crippen LogP) is 3.16. The maximum atomic E-state index is 12.0. The first-order chi connectivity index (χ1) is 11.1. The normalized spacial score (nSPS) is 18.5. The van der Waals surface area contributed by atoms with Gasteiger partial charge >= 0.3 is 5.97 Å². The van der Waals surface area contributed by atoms with E-state index < -0.39 is 12.3 Å². The third kappa shape index (κ3) is 5.51. The Morgan fingerprint density at radius 2 is 2.30 bits per heavy atom. The number of esters is 1. The molecule has 1 N–H and O–H groups in total. The summed E-state index contributed by atoms with van der Waals surface area (Å²) in [6.07, 6.45) is 2.60. The molecule has 1 saturated heterocycles. The van der Waals surface area contributed by atoms with E-state index in [1.54, 1.807) is 25.1 Å². The summed E-state index contributed by atoms with van der Waals surface area (Å²) in [4.78, 5) is 17.4. The Bertz CT molecular complexity index is 570. The van der Waals surface area contributed by atoms with Crippen molar-refractivity contribution in [3.8, 4) is 5.75 Å². The molecular weight excluding hydrogens is 366 g/mol. The topological polar surface area (TPSA) is 77.4 Å². The van der Waals surface area contributed by atoms with Crippen LogP contribution in [0.4, 0.5) is 0 Å². The maximum Gasteiger partial charge on any atom is 0.356 e. The molecular formula is C16H20BrNO5. The van der Waals surface area contributed by atoms with Crippen molar-refractivity contribution >= 4 is 27.6 Å². The van der Waals surface area contributed by atoms with Crippen molar-refractivity contribution in [2.75, 3.05) is 13.2 Å². The third-order valence-corrected chi connectivity index (χ3v) is 3.95. The molecule has 6 nitrogen and oxygen atoms in total. The molecule has 0 aliphatic carbocycles. The average Bonchev–Trinajstić information content (AvgIpc) is 2.56. The van der Waals surface area contributed by atoms with E-state index >= 15 is 0 Å². The zero-order valence-corrected chi connectivity index (χ0v) is 14.5. The zero-order valence-electron chi connectivity index (χ0n) is 13.0. The number of nitrogens with zero attached hydrogens (tertiary/aromatic N) is 1. The first kappa shape index (κ1) is 17.7. The lowest BCUT2D eigenvalue weighted by Gasteiger charge is -2.20. The summed E-state index contributed by atoms with van der Waals surface area (Å²) in [5.41, 5.74) is 0.966. The Morgan fingerprint density at radius 1 is 1.48 bits per heavy atom. The molecule has 0 aromatic heterocycles. The molecule has 1 fully saturated rings. The molecule has 23 heavy (non-hydrogen) atoms. The first-order valence-corrected chi connectivity index (χ1v) is 8.38. The highest BCUT2D eigenvalue weighted by Crippen LogP contribution is 2.24. The maximum absolute atomic E-state index is 12.0. The van der Waals surface area contributed by atoms with Crippen LogP contribution in [0.1, 0.15) is 31.7 Å². The van der Waals surface area contributed by atoms with Crippen LogP contribution in [-0.4, -0.2) is 36.3 Å². The quantitative estimate of drug-likeness (QED) is 0.462. The number of carbonyl (C=O) groups is 1. The molecule has 1 unspecified atom stereocenters. The number of rotatable bonds is 6. The fourth-order valence-corrected chi connectivity index (χ4v) is 2.55. The molecule has 7 heteroatoms. The molecule has 0 saturated carbocycles. The van der Waals surface area contributed by atoms with Gasteiger partial charge in [0, 0.05) is 12.8 Å². The molecule has 0 bridgehead atoms. The van der Waals surface area contributed by atoms with Gasteiger partial charge in [-0.15, -0.1) is 0 Å². The fraction of sp³-hybridized carbons (Fsp3) is 0.500. The molecule has 1 atom stereocenters. The van der Waals surface area contributed by atoms with E-state index in [1.807, 2.05) is 0 Å². The van der Waals surface area contributed by atoms with Gasteiger partial charge in [0.1, 0.15) is 5.75 Å². The molecule has 126 valence electrons. The van der Waals surface area contributed by atoms with Gasteiger partial charge in [0.05, 0.1) is 17.7 Å². The van der Waals surface area contributed by atoms with Crippen molar-refractivity contribution in [1.29, 1.82) is 0 Å². The highest BCUT2D eigenvalue weighted by atomic mass is 79.9. The number of benzene rings is 1. The number of oxime groups is 1. The number of aromatic hydroxyl groups is 1. The second-order valence-corrected chi connectivity index (χ2v) is 5.98. The lowest BCUT2D eigenvalue weighted by atomic mass is 10.1. The Morgan fingerprint density at radius 3 is 2.96 bits per heavy atom. The fourth-order valence-electron chi connectivity index (χ4n) is 2.13. The van der Waals surface area contributed by atoms with Gasteiger partial charge < -0.3 is 19.4 Å². The number of halogens is 1. The standard InChI is InChI=1S/C16H20BrNO5/c1-2-21-16(20)13(18-23-15-5-3-4-8-22-15)10-11-6-7-14(19)12(17)9-11/h6-7,9,15,19H,2-5,8,10H2,1H3/b18-13-. The molecule has 0 amide bonds. The Hall–Kier alpha value is -1.60. The number of carbonyl (C=O) groups excluding carboxylic acids is 1. The van der Waals surface area contributed by atoms with E-state index in [-0.39, 0.29) is 24.5 Å². The van der Waals surface area contributed by atoms with Crippen LogP contribution in [0.5, 0.6) is 5.75 Å². The van der Waals surface area contributed by atoms with Gasteiger partial charge in [-0.1, -0.05) is 11.2 Å². The predicted molar refractivity (Wildman–Crippen MR) is 88.3 cm³/mol. The lowest BCUT2D eigenvalue weighted by Crippen LogP contribution is -2.24. The summed E-state index contributed by atoms with van der Waals surface area (Å²) in [5, 5.41) is 13.5. The Labute approximate surface area is 143 Å². The molecule has 1 aromatic carbocycles. The van der Waals surface area contributed by atoms with Crippen LogP contribution in [0.25, 0.3) is 0 Å². The van der Waals surface area contributed by atoms with Crippen LogP contribution in [-0.2, 0) is 25.5 Å². The lowest BCUT2D eigenvalue weighted by molar-refractivity contribution is -0.163. The molecule has 0 radical (unpaired) electrons. The van der Waals surface area contributed by atoms with Gasteiger partial charge in [-0.3, -0.25) is 0 Å². The zero-order chi connectivity index (χ0) is 16.7. The van der Waals surface area contributed by atoms with Gasteiger partial charge in [-0.2, -0.15) is 0 Å². The highest BCUT2D eigenvalue weighted by Gasteiger charge is 2.19. The van der Waals surface area contributed by atoms with Crippen LogP contribution < -0.4 is 0 Å². The monoisotopic (exact) mass is 385 g/mol. The summed E-state index contributed by atoms with van der Waals surface area (Å²) in [7, 11) is 0. The minimum absolute atomic E-state index is 0.134. The number of ether oxygens (including phenoxy) is 2. The Balaban J connectivity index is 2.09. The smallest absolute Gasteiger partial charge is 0.356 e. The van der Waals surface area contributed by atoms with E-state index in [4.69, 9.17) is 14.3 Å². The first-order valence-electron chi connectivity index (χ1n) is 7.59. The molecule has 1 aliphatic rings. The van der Waals surface area contributed by atoms with Gasteiger partial charge in [0.25, 0.3) is 0 Å². The second-order valence-electron chi connectivity index (χ2n) is 5.12. The summed E-state index contributed by atoms with van der Waals surface area (Å²) in [6.45, 7) is 2.63. The minimum Gasteiger partial charge on any atom is -0.507 e. The van der Waals surface area contributed by atoms with Crippen LogP contribution in [0.3, 0.4) is 0 Å². The SMILES string of the molecule is CCOC(=O)/C(Cc1ccc(O)c(Br)c1)=N\OC1CCCCO1. The van der Waals surface area contributed by atoms with Crippen LogP contribution in [0.2, 0.25) is 0 Å². The van der Waals surface area contributed by atoms with E-state index in [0.29, 0.717) is 11.1 Å². The van der Waals surface area contributed by atoms with E-state index in [2.05, 4.69) is 21.1 Å². The molecule has 1 aromatic rings. The molecule has 0 spiro atoms. The highest BCUT2D eigenvalue weighted by molar-refractivity contribution is 9.10. The van der Waals surface area contributed by atoms with Crippen molar-refractivity contribution < 1.29 is 24.2 Å². The van der Waals surface area contributed by atoms with Crippen molar-refractivity contribution in [3.63, 3.8) is 0 Å². The van der Waals surface area contributed by atoms with Gasteiger partial charge in [-0.05, 0) is 53.4 Å². The second kappa shape index (κ2) is 8.88. The van der Waals surface area contributed by atoms with Crippen LogP contribution in [0, 0.1) is 0 Å². The summed E-state index contributed by atoms with van der Waals surface area (Å²) in [5.74, 6) is -0.386. The van der Waals surface area contributed by atoms with Gasteiger partial charge in [0.15, 0.2) is 5.71 Å². The van der Waals surface area contributed by atoms with Crippen molar-refractivity contribution in [2.45, 2.75) is 38.9 Å². The van der Waals surface area contributed by atoms with Crippen molar-refractivity contribution in [2.24, 2.45) is 5.16 Å². The summed E-state index contributed by atoms with van der Waals surface area (Å²) < 4.78 is 11.0. The summed E-state index contributed by atoms with van der Waals surface area (Å²) in [6, 6.07) is 4.99. The number of phenolic OH excluding ortho intramolecular Hbond substituents is 1. The van der Waals surface area contributed by atoms with Gasteiger partial charge in [0.2, 0.25) is 6.29 Å². The van der Waals surface area contributed by atoms with E-state index in [0.717, 1.165) is 24.8 Å². The third-order valence-electron chi connectivity index (χ3n) is 3.31. The van der Waals surface area contributed by atoms with Gasteiger partial charge in [-0.25, -0.2) is 4.79 Å². The number of hydrogen-bond acceptors (Lipinski definition) is 6. The molecule has 1 aliphatic heterocycles. The average molecular weight is 386 g/mol. The largest absolute Gasteiger partial charge is 0.507 e. The Kier molecular flexibility index (Phi) is 6.85. The summed E-state index contributed by atoms with van der Waals surface area (Å²) >= 11 is 3.25. The minimum atomic E-state index is -0.521. The molecule has 2 rings (SSSR count). The van der Waals surface area contributed by atoms with Crippen LogP contribution in [0.15, 0.2) is 27.8 Å². The number of phenols is 1. The number of hydrogen-bond donors (Lipinski definition) is 1. The van der Waals surface area contributed by atoms with E-state index in [1.165, 1.54) is 0 Å². The van der Waals surface area contributed by atoms with Crippen molar-refractivity contribution in [3.05, 3.63) is 28.2 Å². The molecule has 1 heterocycles. The van der Waals surface area contributed by atoms with Crippen molar-refractivity contribution in [1.82, 2.24) is 0 Å². The van der Waals surface area contributed by atoms with E-state index in [9.17, 15) is 9.90 Å². The van der Waals surface area contributed by atoms with Crippen LogP contribution >= 0.6 is 15.9 Å².